The van der Waals surface area contributed by atoms with Gasteiger partial charge in [-0.15, -0.1) is 0 Å². The molecule has 2 rings (SSSR count). The van der Waals surface area contributed by atoms with E-state index >= 15 is 0 Å². The quantitative estimate of drug-likeness (QED) is 0.517. The highest BCUT2D eigenvalue weighted by atomic mass is 16.1. The van der Waals surface area contributed by atoms with Crippen molar-refractivity contribution in [2.24, 2.45) is 4.99 Å². The molecule has 0 aliphatic rings. The van der Waals surface area contributed by atoms with Crippen LogP contribution in [0, 0.1) is 6.92 Å². The van der Waals surface area contributed by atoms with Crippen LogP contribution in [-0.4, -0.2) is 17.5 Å². The van der Waals surface area contributed by atoms with Crippen molar-refractivity contribution >= 4 is 18.2 Å². The molecule has 2 N–H and O–H groups in total. The number of aldehydes is 1. The molecule has 96 valence electrons. The van der Waals surface area contributed by atoms with Crippen LogP contribution in [0.5, 0.6) is 0 Å². The van der Waals surface area contributed by atoms with Crippen molar-refractivity contribution in [1.82, 2.24) is 4.98 Å². The Labute approximate surface area is 112 Å². The SMILES string of the molecule is Cc1ccc(N)c(C=NCc2cc(C=O)ccn2)c1. The van der Waals surface area contributed by atoms with Crippen LogP contribution in [-0.2, 0) is 6.54 Å². The van der Waals surface area contributed by atoms with E-state index in [1.165, 1.54) is 0 Å². The standard InChI is InChI=1S/C15H15N3O/c1-11-2-3-15(16)13(6-11)8-17-9-14-7-12(10-19)4-5-18-14/h2-8,10H,9,16H2,1H3. The van der Waals surface area contributed by atoms with Crippen LogP contribution in [0.15, 0.2) is 41.5 Å². The van der Waals surface area contributed by atoms with Crippen LogP contribution < -0.4 is 5.73 Å². The normalized spacial score (nSPS) is 10.8. The number of nitrogens with zero attached hydrogens (tertiary/aromatic N) is 2. The average molecular weight is 253 g/mol. The molecule has 0 bridgehead atoms. The first-order chi connectivity index (χ1) is 9.19. The number of hydrogen-bond donors (Lipinski definition) is 1. The number of nitrogens with two attached hydrogens (primary N) is 1. The molecular formula is C15H15N3O. The van der Waals surface area contributed by atoms with Gasteiger partial charge in [-0.2, -0.15) is 0 Å². The number of benzene rings is 1. The molecule has 2 aromatic rings. The van der Waals surface area contributed by atoms with Crippen LogP contribution in [0.3, 0.4) is 0 Å². The van der Waals surface area contributed by atoms with Gasteiger partial charge >= 0.3 is 0 Å². The van der Waals surface area contributed by atoms with Gasteiger partial charge in [0.2, 0.25) is 0 Å². The highest BCUT2D eigenvalue weighted by Gasteiger charge is 1.97. The Kier molecular flexibility index (Phi) is 4.03. The van der Waals surface area contributed by atoms with Gasteiger partial charge in [-0.3, -0.25) is 14.8 Å². The molecule has 19 heavy (non-hydrogen) atoms. The van der Waals surface area contributed by atoms with Crippen molar-refractivity contribution in [3.05, 3.63) is 58.9 Å². The van der Waals surface area contributed by atoms with Crippen molar-refractivity contribution in [3.63, 3.8) is 0 Å². The van der Waals surface area contributed by atoms with Crippen LogP contribution in [0.2, 0.25) is 0 Å². The summed E-state index contributed by atoms with van der Waals surface area (Å²) in [6.07, 6.45) is 4.14. The van der Waals surface area contributed by atoms with Gasteiger partial charge in [0.25, 0.3) is 0 Å². The maximum atomic E-state index is 10.7. The second-order valence-electron chi connectivity index (χ2n) is 4.30. The van der Waals surface area contributed by atoms with Crippen LogP contribution in [0.4, 0.5) is 5.69 Å². The summed E-state index contributed by atoms with van der Waals surface area (Å²) < 4.78 is 0. The zero-order valence-corrected chi connectivity index (χ0v) is 10.7. The summed E-state index contributed by atoms with van der Waals surface area (Å²) in [4.78, 5) is 19.1. The van der Waals surface area contributed by atoms with Crippen molar-refractivity contribution in [2.75, 3.05) is 5.73 Å². The average Bonchev–Trinajstić information content (AvgIpc) is 2.43. The lowest BCUT2D eigenvalue weighted by Crippen LogP contribution is -1.95. The number of rotatable bonds is 4. The summed E-state index contributed by atoms with van der Waals surface area (Å²) in [7, 11) is 0. The zero-order valence-electron chi connectivity index (χ0n) is 10.7. The molecule has 0 spiro atoms. The van der Waals surface area contributed by atoms with Gasteiger partial charge in [0.15, 0.2) is 0 Å². The van der Waals surface area contributed by atoms with E-state index in [2.05, 4.69) is 9.98 Å². The highest BCUT2D eigenvalue weighted by molar-refractivity contribution is 5.87. The summed E-state index contributed by atoms with van der Waals surface area (Å²) in [5, 5.41) is 0. The third kappa shape index (κ3) is 3.48. The third-order valence-electron chi connectivity index (χ3n) is 2.70. The van der Waals surface area contributed by atoms with E-state index in [1.54, 1.807) is 24.5 Å². The molecule has 4 heteroatoms. The van der Waals surface area contributed by atoms with E-state index in [0.29, 0.717) is 17.8 Å². The van der Waals surface area contributed by atoms with E-state index < -0.39 is 0 Å². The Balaban J connectivity index is 2.10. The number of carbonyl (C=O) groups excluding carboxylic acids is 1. The number of hydrogen-bond acceptors (Lipinski definition) is 4. The minimum Gasteiger partial charge on any atom is -0.398 e. The maximum absolute atomic E-state index is 10.7. The van der Waals surface area contributed by atoms with Gasteiger partial charge in [0, 0.05) is 29.2 Å². The van der Waals surface area contributed by atoms with Crippen molar-refractivity contribution < 1.29 is 4.79 Å². The summed E-state index contributed by atoms with van der Waals surface area (Å²) in [5.74, 6) is 0. The molecule has 0 radical (unpaired) electrons. The molecular weight excluding hydrogens is 238 g/mol. The number of aryl methyl sites for hydroxylation is 1. The lowest BCUT2D eigenvalue weighted by atomic mass is 10.1. The van der Waals surface area contributed by atoms with E-state index in [9.17, 15) is 4.79 Å². The van der Waals surface area contributed by atoms with Gasteiger partial charge in [-0.1, -0.05) is 11.6 Å². The van der Waals surface area contributed by atoms with Crippen molar-refractivity contribution in [1.29, 1.82) is 0 Å². The van der Waals surface area contributed by atoms with Gasteiger partial charge in [0.1, 0.15) is 6.29 Å². The first-order valence-corrected chi connectivity index (χ1v) is 5.95. The third-order valence-corrected chi connectivity index (χ3v) is 2.70. The first kappa shape index (κ1) is 13.0. The monoisotopic (exact) mass is 253 g/mol. The smallest absolute Gasteiger partial charge is 0.150 e. The van der Waals surface area contributed by atoms with E-state index in [4.69, 9.17) is 5.73 Å². The fraction of sp³-hybridized carbons (Fsp3) is 0.133. The Hall–Kier alpha value is -2.49. The summed E-state index contributed by atoms with van der Waals surface area (Å²) in [5.41, 5.74) is 9.95. The largest absolute Gasteiger partial charge is 0.398 e. The Morgan fingerprint density at radius 3 is 2.95 bits per heavy atom. The first-order valence-electron chi connectivity index (χ1n) is 5.95. The van der Waals surface area contributed by atoms with E-state index in [-0.39, 0.29) is 0 Å². The van der Waals surface area contributed by atoms with Crippen molar-refractivity contribution in [2.45, 2.75) is 13.5 Å². The molecule has 0 saturated heterocycles. The molecule has 0 saturated carbocycles. The number of nitrogen functional groups attached to an aromatic ring is 1. The number of anilines is 1. The maximum Gasteiger partial charge on any atom is 0.150 e. The van der Waals surface area contributed by atoms with Gasteiger partial charge in [0.05, 0.1) is 12.2 Å². The van der Waals surface area contributed by atoms with E-state index in [0.717, 1.165) is 23.1 Å². The number of aliphatic imine (C=N–C) groups is 1. The molecule has 0 aliphatic heterocycles. The number of carbonyl (C=O) groups is 1. The van der Waals surface area contributed by atoms with E-state index in [1.807, 2.05) is 25.1 Å². The molecule has 1 heterocycles. The van der Waals surface area contributed by atoms with Crippen molar-refractivity contribution in [3.8, 4) is 0 Å². The van der Waals surface area contributed by atoms with Crippen LogP contribution >= 0.6 is 0 Å². The highest BCUT2D eigenvalue weighted by Crippen LogP contribution is 2.11. The molecule has 1 aromatic heterocycles. The predicted octanol–water partition coefficient (Wildman–Crippen LogP) is 2.40. The lowest BCUT2D eigenvalue weighted by molar-refractivity contribution is 0.112. The second kappa shape index (κ2) is 5.91. The fourth-order valence-electron chi connectivity index (χ4n) is 1.70. The minimum absolute atomic E-state index is 0.426. The Morgan fingerprint density at radius 2 is 2.16 bits per heavy atom. The topological polar surface area (TPSA) is 68.3 Å². The van der Waals surface area contributed by atoms with Gasteiger partial charge in [-0.05, 0) is 31.2 Å². The fourth-order valence-corrected chi connectivity index (χ4v) is 1.70. The zero-order chi connectivity index (χ0) is 13.7. The molecule has 0 atom stereocenters. The predicted molar refractivity (Wildman–Crippen MR) is 76.5 cm³/mol. The summed E-state index contributed by atoms with van der Waals surface area (Å²) >= 11 is 0. The van der Waals surface area contributed by atoms with Crippen LogP contribution in [0.1, 0.15) is 27.2 Å². The summed E-state index contributed by atoms with van der Waals surface area (Å²) in [6, 6.07) is 9.19. The molecule has 1 aromatic carbocycles. The lowest BCUT2D eigenvalue weighted by Gasteiger charge is -2.01. The van der Waals surface area contributed by atoms with Crippen LogP contribution in [0.25, 0.3) is 0 Å². The van der Waals surface area contributed by atoms with Gasteiger partial charge < -0.3 is 5.73 Å². The Morgan fingerprint density at radius 1 is 1.32 bits per heavy atom. The molecule has 0 unspecified atom stereocenters. The molecule has 0 amide bonds. The molecule has 0 aliphatic carbocycles. The second-order valence-corrected chi connectivity index (χ2v) is 4.30. The number of aromatic nitrogens is 1. The Bertz CT molecular complexity index is 621. The minimum atomic E-state index is 0.426. The summed E-state index contributed by atoms with van der Waals surface area (Å²) in [6.45, 7) is 2.43. The van der Waals surface area contributed by atoms with Gasteiger partial charge in [-0.25, -0.2) is 0 Å². The molecule has 0 fully saturated rings. The number of pyridine rings is 1. The molecule has 4 nitrogen and oxygen atoms in total.